The van der Waals surface area contributed by atoms with Crippen LogP contribution in [0.3, 0.4) is 0 Å². The third kappa shape index (κ3) is 4.24. The van der Waals surface area contributed by atoms with Gasteiger partial charge in [-0.25, -0.2) is 15.0 Å². The standard InChI is InChI=1S/C23H22N4OS3/c1-13(20(28)27-23-26-17(12-29-23)15-8-4-3-5-9-15)30-21-19-16-10-6-7-11-18(16)31-22(19)25-14(2)24-21/h3-5,8-9,12-13H,6-7,10-11H2,1-2H3,(H,26,27,28). The summed E-state index contributed by atoms with van der Waals surface area (Å²) < 4.78 is 0. The van der Waals surface area contributed by atoms with Gasteiger partial charge < -0.3 is 5.32 Å². The lowest BCUT2D eigenvalue weighted by atomic mass is 9.97. The molecule has 1 N–H and O–H groups in total. The van der Waals surface area contributed by atoms with Crippen LogP contribution in [0.4, 0.5) is 5.13 Å². The molecule has 1 amide bonds. The Bertz CT molecular complexity index is 1250. The van der Waals surface area contributed by atoms with Gasteiger partial charge in [-0.1, -0.05) is 42.1 Å². The average molecular weight is 467 g/mol. The summed E-state index contributed by atoms with van der Waals surface area (Å²) in [5.74, 6) is 0.695. The van der Waals surface area contributed by atoms with E-state index < -0.39 is 0 Å². The molecule has 0 aliphatic heterocycles. The Balaban J connectivity index is 1.35. The van der Waals surface area contributed by atoms with Crippen LogP contribution in [-0.4, -0.2) is 26.1 Å². The van der Waals surface area contributed by atoms with Crippen molar-refractivity contribution in [1.82, 2.24) is 15.0 Å². The first kappa shape index (κ1) is 20.6. The molecule has 8 heteroatoms. The van der Waals surface area contributed by atoms with Gasteiger partial charge in [0.1, 0.15) is 15.7 Å². The Morgan fingerprint density at radius 1 is 1.13 bits per heavy atom. The Kier molecular flexibility index (Phi) is 5.77. The minimum Gasteiger partial charge on any atom is -0.301 e. The van der Waals surface area contributed by atoms with Crippen molar-refractivity contribution in [3.63, 3.8) is 0 Å². The second-order valence-electron chi connectivity index (χ2n) is 7.62. The SMILES string of the molecule is Cc1nc(SC(C)C(=O)Nc2nc(-c3ccccc3)cs2)c2c3c(sc2n1)CCCC3. The smallest absolute Gasteiger partial charge is 0.239 e. The topological polar surface area (TPSA) is 67.8 Å². The highest BCUT2D eigenvalue weighted by Crippen LogP contribution is 2.40. The van der Waals surface area contributed by atoms with Gasteiger partial charge in [0.25, 0.3) is 0 Å². The Morgan fingerprint density at radius 3 is 2.77 bits per heavy atom. The Morgan fingerprint density at radius 2 is 1.94 bits per heavy atom. The molecular weight excluding hydrogens is 444 g/mol. The van der Waals surface area contributed by atoms with Gasteiger partial charge in [-0.3, -0.25) is 4.79 Å². The number of rotatable bonds is 5. The van der Waals surface area contributed by atoms with E-state index in [1.54, 1.807) is 11.3 Å². The maximum atomic E-state index is 12.9. The zero-order chi connectivity index (χ0) is 21.4. The molecule has 4 aromatic rings. The molecular formula is C23H22N4OS3. The molecule has 1 aromatic carbocycles. The van der Waals surface area contributed by atoms with E-state index in [-0.39, 0.29) is 11.2 Å². The average Bonchev–Trinajstić information content (AvgIpc) is 3.38. The summed E-state index contributed by atoms with van der Waals surface area (Å²) in [5.41, 5.74) is 3.32. The monoisotopic (exact) mass is 466 g/mol. The van der Waals surface area contributed by atoms with Crippen molar-refractivity contribution >= 4 is 55.7 Å². The third-order valence-electron chi connectivity index (χ3n) is 5.35. The van der Waals surface area contributed by atoms with Gasteiger partial charge in [0.15, 0.2) is 5.13 Å². The quantitative estimate of drug-likeness (QED) is 0.283. The zero-order valence-corrected chi connectivity index (χ0v) is 19.8. The van der Waals surface area contributed by atoms with Gasteiger partial charge >= 0.3 is 0 Å². The number of thioether (sulfide) groups is 1. The van der Waals surface area contributed by atoms with Gasteiger partial charge in [-0.2, -0.15) is 0 Å². The van der Waals surface area contributed by atoms with Crippen molar-refractivity contribution in [3.05, 3.63) is 52.0 Å². The molecule has 1 aliphatic rings. The van der Waals surface area contributed by atoms with Crippen molar-refractivity contribution in [2.75, 3.05) is 5.32 Å². The summed E-state index contributed by atoms with van der Waals surface area (Å²) in [7, 11) is 0. The van der Waals surface area contributed by atoms with E-state index in [0.29, 0.717) is 5.13 Å². The number of carbonyl (C=O) groups is 1. The minimum atomic E-state index is -0.291. The number of fused-ring (bicyclic) bond motifs is 3. The molecule has 1 atom stereocenters. The number of amides is 1. The number of hydrogen-bond donors (Lipinski definition) is 1. The van der Waals surface area contributed by atoms with Gasteiger partial charge in [0, 0.05) is 21.2 Å². The summed E-state index contributed by atoms with van der Waals surface area (Å²) in [6, 6.07) is 9.99. The lowest BCUT2D eigenvalue weighted by Gasteiger charge is -2.14. The first-order valence-corrected chi connectivity index (χ1v) is 12.9. The molecule has 0 bridgehead atoms. The summed E-state index contributed by atoms with van der Waals surface area (Å²) in [6.07, 6.45) is 4.66. The molecule has 0 saturated heterocycles. The van der Waals surface area contributed by atoms with Gasteiger partial charge in [0.05, 0.1) is 10.9 Å². The largest absolute Gasteiger partial charge is 0.301 e. The van der Waals surface area contributed by atoms with Crippen molar-refractivity contribution < 1.29 is 4.79 Å². The van der Waals surface area contributed by atoms with Crippen LogP contribution in [0.15, 0.2) is 40.7 Å². The number of nitrogens with zero attached hydrogens (tertiary/aromatic N) is 3. The molecule has 0 fully saturated rings. The first-order chi connectivity index (χ1) is 15.1. The highest BCUT2D eigenvalue weighted by molar-refractivity contribution is 8.00. The second kappa shape index (κ2) is 8.68. The van der Waals surface area contributed by atoms with Crippen LogP contribution in [0.1, 0.15) is 36.0 Å². The molecule has 158 valence electrons. The van der Waals surface area contributed by atoms with Crippen LogP contribution >= 0.6 is 34.4 Å². The van der Waals surface area contributed by atoms with Crippen molar-refractivity contribution in [3.8, 4) is 11.3 Å². The van der Waals surface area contributed by atoms with Gasteiger partial charge in [-0.05, 0) is 45.1 Å². The fourth-order valence-electron chi connectivity index (χ4n) is 3.81. The number of thiophene rings is 1. The number of thiazole rings is 1. The van der Waals surface area contributed by atoms with Crippen LogP contribution in [0.5, 0.6) is 0 Å². The highest BCUT2D eigenvalue weighted by Gasteiger charge is 2.24. The number of aromatic nitrogens is 3. The number of anilines is 1. The number of carbonyl (C=O) groups excluding carboxylic acids is 1. The van der Waals surface area contributed by atoms with Crippen LogP contribution in [0.25, 0.3) is 21.5 Å². The predicted molar refractivity (Wildman–Crippen MR) is 130 cm³/mol. The Hall–Kier alpha value is -2.29. The van der Waals surface area contributed by atoms with E-state index in [0.717, 1.165) is 45.2 Å². The lowest BCUT2D eigenvalue weighted by Crippen LogP contribution is -2.22. The number of hydrogen-bond acceptors (Lipinski definition) is 7. The second-order valence-corrected chi connectivity index (χ2v) is 10.9. The normalized spacial score (nSPS) is 14.4. The molecule has 0 saturated carbocycles. The minimum absolute atomic E-state index is 0.0625. The zero-order valence-electron chi connectivity index (χ0n) is 17.3. The van der Waals surface area contributed by atoms with Crippen molar-refractivity contribution in [1.29, 1.82) is 0 Å². The number of benzene rings is 1. The number of nitrogens with one attached hydrogen (secondary N) is 1. The summed E-state index contributed by atoms with van der Waals surface area (Å²) in [4.78, 5) is 29.4. The first-order valence-electron chi connectivity index (χ1n) is 10.4. The van der Waals surface area contributed by atoms with Crippen LogP contribution in [0.2, 0.25) is 0 Å². The van der Waals surface area contributed by atoms with Crippen molar-refractivity contribution in [2.45, 2.75) is 49.8 Å². The molecule has 1 unspecified atom stereocenters. The fourth-order valence-corrected chi connectivity index (χ4v) is 6.93. The van der Waals surface area contributed by atoms with Crippen LogP contribution < -0.4 is 5.32 Å². The van der Waals surface area contributed by atoms with Crippen molar-refractivity contribution in [2.24, 2.45) is 0 Å². The molecule has 5 rings (SSSR count). The summed E-state index contributed by atoms with van der Waals surface area (Å²) in [6.45, 7) is 3.85. The van der Waals surface area contributed by atoms with E-state index in [4.69, 9.17) is 4.98 Å². The van der Waals surface area contributed by atoms with E-state index in [1.807, 2.05) is 49.6 Å². The molecule has 0 radical (unpaired) electrons. The maximum Gasteiger partial charge on any atom is 0.239 e. The van der Waals surface area contributed by atoms with Gasteiger partial charge in [-0.15, -0.1) is 22.7 Å². The molecule has 31 heavy (non-hydrogen) atoms. The third-order valence-corrected chi connectivity index (χ3v) is 8.38. The van der Waals surface area contributed by atoms with Crippen LogP contribution in [-0.2, 0) is 17.6 Å². The van der Waals surface area contributed by atoms with E-state index in [9.17, 15) is 4.79 Å². The molecule has 3 heterocycles. The Labute approximate surface area is 193 Å². The van der Waals surface area contributed by atoms with Gasteiger partial charge in [0.2, 0.25) is 5.91 Å². The lowest BCUT2D eigenvalue weighted by molar-refractivity contribution is -0.115. The van der Waals surface area contributed by atoms with E-state index in [2.05, 4.69) is 15.3 Å². The molecule has 0 spiro atoms. The highest BCUT2D eigenvalue weighted by atomic mass is 32.2. The van der Waals surface area contributed by atoms with Crippen LogP contribution in [0, 0.1) is 6.92 Å². The predicted octanol–water partition coefficient (Wildman–Crippen LogP) is 6.12. The van der Waals surface area contributed by atoms with E-state index in [1.165, 1.54) is 46.4 Å². The maximum absolute atomic E-state index is 12.9. The summed E-state index contributed by atoms with van der Waals surface area (Å²) >= 11 is 4.75. The molecule has 1 aliphatic carbocycles. The summed E-state index contributed by atoms with van der Waals surface area (Å²) in [5, 5.41) is 7.36. The molecule has 5 nitrogen and oxygen atoms in total. The number of aryl methyl sites for hydroxylation is 3. The molecule has 3 aromatic heterocycles. The van der Waals surface area contributed by atoms with E-state index >= 15 is 0 Å². The fraction of sp³-hybridized carbons (Fsp3) is 0.304.